The van der Waals surface area contributed by atoms with E-state index in [-0.39, 0.29) is 0 Å². The van der Waals surface area contributed by atoms with Crippen LogP contribution in [-0.2, 0) is 0 Å². The van der Waals surface area contributed by atoms with E-state index in [9.17, 15) is 0 Å². The molecule has 0 unspecified atom stereocenters. The standard InChI is InChI=1S/C32H20N2/c1-2-19-34-30(5-1)27-15-13-24-11-10-23-12-14-26(28-16-17-29(27)32(24)31(23)28)22-8-6-21(7-9-22)25-4-3-18-33-20-25/h1-20H. The largest absolute Gasteiger partial charge is 0.264 e. The quantitative estimate of drug-likeness (QED) is 0.262. The lowest BCUT2D eigenvalue weighted by Crippen LogP contribution is -1.90. The molecule has 0 radical (unpaired) electrons. The highest BCUT2D eigenvalue weighted by atomic mass is 14.7. The summed E-state index contributed by atoms with van der Waals surface area (Å²) in [6.45, 7) is 0. The van der Waals surface area contributed by atoms with E-state index < -0.39 is 0 Å². The summed E-state index contributed by atoms with van der Waals surface area (Å²) in [5, 5.41) is 7.69. The maximum Gasteiger partial charge on any atom is 0.0708 e. The maximum atomic E-state index is 4.63. The van der Waals surface area contributed by atoms with E-state index in [2.05, 4.69) is 94.9 Å². The molecule has 0 amide bonds. The molecule has 0 saturated carbocycles. The molecule has 7 aromatic rings. The second-order valence-electron chi connectivity index (χ2n) is 8.68. The van der Waals surface area contributed by atoms with Gasteiger partial charge in [0.15, 0.2) is 0 Å². The molecule has 0 aliphatic rings. The van der Waals surface area contributed by atoms with Gasteiger partial charge in [0.2, 0.25) is 0 Å². The van der Waals surface area contributed by atoms with Crippen molar-refractivity contribution in [1.82, 2.24) is 9.97 Å². The van der Waals surface area contributed by atoms with E-state index in [1.54, 1.807) is 0 Å². The number of pyridine rings is 2. The van der Waals surface area contributed by atoms with Crippen LogP contribution in [0.4, 0.5) is 0 Å². The maximum absolute atomic E-state index is 4.63. The zero-order chi connectivity index (χ0) is 22.5. The van der Waals surface area contributed by atoms with Crippen molar-refractivity contribution in [3.63, 3.8) is 0 Å². The lowest BCUT2D eigenvalue weighted by molar-refractivity contribution is 1.33. The fraction of sp³-hybridized carbons (Fsp3) is 0. The lowest BCUT2D eigenvalue weighted by Gasteiger charge is -2.16. The van der Waals surface area contributed by atoms with Crippen LogP contribution in [0.1, 0.15) is 0 Å². The van der Waals surface area contributed by atoms with Gasteiger partial charge < -0.3 is 0 Å². The molecule has 2 aromatic heterocycles. The molecule has 0 aliphatic carbocycles. The van der Waals surface area contributed by atoms with E-state index in [4.69, 9.17) is 0 Å². The van der Waals surface area contributed by atoms with Crippen molar-refractivity contribution in [3.8, 4) is 33.5 Å². The number of benzene rings is 5. The number of nitrogens with zero attached hydrogens (tertiary/aromatic N) is 2. The Balaban J connectivity index is 1.46. The van der Waals surface area contributed by atoms with Crippen molar-refractivity contribution in [3.05, 3.63) is 122 Å². The van der Waals surface area contributed by atoms with E-state index in [0.29, 0.717) is 0 Å². The summed E-state index contributed by atoms with van der Waals surface area (Å²) in [6.07, 6.45) is 5.58. The zero-order valence-corrected chi connectivity index (χ0v) is 18.4. The lowest BCUT2D eigenvalue weighted by atomic mass is 9.87. The topological polar surface area (TPSA) is 25.8 Å². The summed E-state index contributed by atoms with van der Waals surface area (Å²) >= 11 is 0. The molecule has 0 N–H and O–H groups in total. The highest BCUT2D eigenvalue weighted by molar-refractivity contribution is 6.27. The predicted molar refractivity (Wildman–Crippen MR) is 142 cm³/mol. The molecule has 158 valence electrons. The molecule has 2 nitrogen and oxygen atoms in total. The van der Waals surface area contributed by atoms with Gasteiger partial charge in [0.1, 0.15) is 0 Å². The first-order valence-corrected chi connectivity index (χ1v) is 11.5. The van der Waals surface area contributed by atoms with Gasteiger partial charge in [0.05, 0.1) is 5.69 Å². The first-order chi connectivity index (χ1) is 16.9. The first kappa shape index (κ1) is 19.0. The summed E-state index contributed by atoms with van der Waals surface area (Å²) in [5.74, 6) is 0. The van der Waals surface area contributed by atoms with Crippen LogP contribution in [0.3, 0.4) is 0 Å². The van der Waals surface area contributed by atoms with Crippen LogP contribution in [0, 0.1) is 0 Å². The van der Waals surface area contributed by atoms with Gasteiger partial charge in [-0.2, -0.15) is 0 Å². The molecule has 0 fully saturated rings. The van der Waals surface area contributed by atoms with Crippen LogP contribution in [-0.4, -0.2) is 9.97 Å². The number of hydrogen-bond donors (Lipinski definition) is 0. The highest BCUT2D eigenvalue weighted by Crippen LogP contribution is 2.42. The molecule has 7 rings (SSSR count). The Kier molecular flexibility index (Phi) is 4.18. The average Bonchev–Trinajstić information content (AvgIpc) is 2.92. The zero-order valence-electron chi connectivity index (χ0n) is 18.4. The van der Waals surface area contributed by atoms with Gasteiger partial charge >= 0.3 is 0 Å². The average molecular weight is 433 g/mol. The van der Waals surface area contributed by atoms with Crippen molar-refractivity contribution in [2.75, 3.05) is 0 Å². The molecular weight excluding hydrogens is 412 g/mol. The fourth-order valence-electron chi connectivity index (χ4n) is 5.17. The fourth-order valence-corrected chi connectivity index (χ4v) is 5.17. The first-order valence-electron chi connectivity index (χ1n) is 11.5. The van der Waals surface area contributed by atoms with Crippen LogP contribution in [0.2, 0.25) is 0 Å². The normalized spacial score (nSPS) is 11.5. The van der Waals surface area contributed by atoms with Crippen LogP contribution in [0.25, 0.3) is 65.8 Å². The number of hydrogen-bond acceptors (Lipinski definition) is 2. The Morgan fingerprint density at radius 2 is 1.12 bits per heavy atom. The van der Waals surface area contributed by atoms with Gasteiger partial charge in [-0.1, -0.05) is 84.9 Å². The Morgan fingerprint density at radius 3 is 1.79 bits per heavy atom. The van der Waals surface area contributed by atoms with Gasteiger partial charge in [-0.05, 0) is 72.8 Å². The van der Waals surface area contributed by atoms with Crippen LogP contribution in [0.5, 0.6) is 0 Å². The third-order valence-electron chi connectivity index (χ3n) is 6.80. The second-order valence-corrected chi connectivity index (χ2v) is 8.68. The molecular formula is C32H20N2. The van der Waals surface area contributed by atoms with Crippen LogP contribution < -0.4 is 0 Å². The smallest absolute Gasteiger partial charge is 0.0708 e. The summed E-state index contributed by atoms with van der Waals surface area (Å²) in [4.78, 5) is 8.88. The van der Waals surface area contributed by atoms with Crippen molar-refractivity contribution < 1.29 is 0 Å². The molecule has 0 saturated heterocycles. The molecule has 34 heavy (non-hydrogen) atoms. The summed E-state index contributed by atoms with van der Waals surface area (Å²) in [7, 11) is 0. The van der Waals surface area contributed by atoms with Gasteiger partial charge in [-0.25, -0.2) is 0 Å². The minimum absolute atomic E-state index is 1.01. The Hall–Kier alpha value is -4.56. The molecule has 2 heteroatoms. The van der Waals surface area contributed by atoms with Crippen LogP contribution in [0.15, 0.2) is 122 Å². The Bertz CT molecular complexity index is 1770. The molecule has 0 spiro atoms. The minimum atomic E-state index is 1.01. The summed E-state index contributed by atoms with van der Waals surface area (Å²) in [5.41, 5.74) is 6.96. The van der Waals surface area contributed by atoms with Crippen molar-refractivity contribution >= 4 is 32.3 Å². The van der Waals surface area contributed by atoms with E-state index >= 15 is 0 Å². The van der Waals surface area contributed by atoms with Gasteiger partial charge in [-0.3, -0.25) is 9.97 Å². The van der Waals surface area contributed by atoms with E-state index in [1.165, 1.54) is 54.6 Å². The minimum Gasteiger partial charge on any atom is -0.264 e. The third-order valence-corrected chi connectivity index (χ3v) is 6.80. The monoisotopic (exact) mass is 432 g/mol. The van der Waals surface area contributed by atoms with Crippen molar-refractivity contribution in [1.29, 1.82) is 0 Å². The predicted octanol–water partition coefficient (Wildman–Crippen LogP) is 8.38. The van der Waals surface area contributed by atoms with Crippen molar-refractivity contribution in [2.45, 2.75) is 0 Å². The molecule has 0 atom stereocenters. The molecule has 0 bridgehead atoms. The van der Waals surface area contributed by atoms with Gasteiger partial charge in [-0.15, -0.1) is 0 Å². The third kappa shape index (κ3) is 2.89. The number of rotatable bonds is 3. The highest BCUT2D eigenvalue weighted by Gasteiger charge is 2.15. The van der Waals surface area contributed by atoms with Gasteiger partial charge in [0, 0.05) is 24.2 Å². The molecule has 2 heterocycles. The summed E-state index contributed by atoms with van der Waals surface area (Å²) in [6, 6.07) is 36.9. The molecule has 5 aromatic carbocycles. The van der Waals surface area contributed by atoms with E-state index in [1.807, 2.05) is 36.8 Å². The van der Waals surface area contributed by atoms with Crippen molar-refractivity contribution in [2.24, 2.45) is 0 Å². The van der Waals surface area contributed by atoms with Crippen LogP contribution >= 0.6 is 0 Å². The Morgan fingerprint density at radius 1 is 0.441 bits per heavy atom. The summed E-state index contributed by atoms with van der Waals surface area (Å²) < 4.78 is 0. The SMILES string of the molecule is c1ccc(-c2ccc3ccc4ccc(-c5ccc(-c6cccnc6)cc5)c5ccc2c3c45)nc1. The Labute approximate surface area is 197 Å². The van der Waals surface area contributed by atoms with Gasteiger partial charge in [0.25, 0.3) is 0 Å². The van der Waals surface area contributed by atoms with E-state index in [0.717, 1.165) is 11.3 Å². The molecule has 0 aliphatic heterocycles. The number of aromatic nitrogens is 2. The second kappa shape index (κ2) is 7.50.